The lowest BCUT2D eigenvalue weighted by atomic mass is 10.2. The zero-order chi connectivity index (χ0) is 21.0. The predicted octanol–water partition coefficient (Wildman–Crippen LogP) is 5.35. The average Bonchev–Trinajstić information content (AvgIpc) is 2.69. The van der Waals surface area contributed by atoms with Gasteiger partial charge in [0.25, 0.3) is 5.69 Å². The number of halogens is 3. The van der Waals surface area contributed by atoms with E-state index in [0.29, 0.717) is 6.20 Å². The predicted molar refractivity (Wildman–Crippen MR) is 99.3 cm³/mol. The van der Waals surface area contributed by atoms with Crippen LogP contribution in [-0.2, 0) is 6.18 Å². The first-order valence-corrected chi connectivity index (χ1v) is 8.49. The second kappa shape index (κ2) is 8.13. The number of nitro groups is 1. The van der Waals surface area contributed by atoms with Gasteiger partial charge >= 0.3 is 6.18 Å². The lowest BCUT2D eigenvalue weighted by Gasteiger charge is -2.22. The van der Waals surface area contributed by atoms with E-state index in [4.69, 9.17) is 4.74 Å². The van der Waals surface area contributed by atoms with Crippen LogP contribution in [0, 0.1) is 10.1 Å². The number of nitrogens with zero attached hydrogens (tertiary/aromatic N) is 4. The third-order valence-electron chi connectivity index (χ3n) is 3.93. The highest BCUT2D eigenvalue weighted by molar-refractivity contribution is 5.69. The highest BCUT2D eigenvalue weighted by Crippen LogP contribution is 2.39. The fraction of sp³-hybridized carbons (Fsp3) is 0.158. The molecular weight excluding hydrogens is 389 g/mol. The Hall–Kier alpha value is -3.69. The van der Waals surface area contributed by atoms with Gasteiger partial charge in [-0.05, 0) is 25.1 Å². The number of rotatable bonds is 6. The number of benzene rings is 2. The number of hydrogen-bond donors (Lipinski definition) is 0. The second-order valence-electron chi connectivity index (χ2n) is 5.79. The van der Waals surface area contributed by atoms with Crippen LogP contribution in [0.2, 0.25) is 0 Å². The van der Waals surface area contributed by atoms with Gasteiger partial charge in [-0.15, -0.1) is 0 Å². The summed E-state index contributed by atoms with van der Waals surface area (Å²) < 4.78 is 45.5. The minimum Gasteiger partial charge on any atom is -0.438 e. The summed E-state index contributed by atoms with van der Waals surface area (Å²) in [4.78, 5) is 19.8. The number of nitro benzene ring substituents is 1. The lowest BCUT2D eigenvalue weighted by Crippen LogP contribution is -2.21. The molecule has 10 heteroatoms. The third kappa shape index (κ3) is 4.42. The van der Waals surface area contributed by atoms with E-state index in [1.807, 2.05) is 0 Å². The Bertz CT molecular complexity index is 1010. The molecule has 0 aliphatic rings. The molecule has 1 aromatic heterocycles. The molecule has 0 aliphatic carbocycles. The Morgan fingerprint density at radius 1 is 1.10 bits per heavy atom. The van der Waals surface area contributed by atoms with Crippen molar-refractivity contribution in [3.05, 3.63) is 76.5 Å². The fourth-order valence-corrected chi connectivity index (χ4v) is 2.63. The van der Waals surface area contributed by atoms with Crippen molar-refractivity contribution in [3.8, 4) is 11.6 Å². The molecule has 0 radical (unpaired) electrons. The molecule has 0 aliphatic heterocycles. The molecule has 2 aromatic carbocycles. The van der Waals surface area contributed by atoms with Gasteiger partial charge < -0.3 is 9.64 Å². The van der Waals surface area contributed by atoms with Crippen LogP contribution in [0.1, 0.15) is 12.5 Å². The van der Waals surface area contributed by atoms with Crippen molar-refractivity contribution >= 4 is 17.3 Å². The summed E-state index contributed by atoms with van der Waals surface area (Å²) in [5.74, 6) is -0.678. The Balaban J connectivity index is 2.10. The van der Waals surface area contributed by atoms with Gasteiger partial charge in [0.1, 0.15) is 17.0 Å². The van der Waals surface area contributed by atoms with Crippen LogP contribution >= 0.6 is 0 Å². The van der Waals surface area contributed by atoms with Crippen molar-refractivity contribution in [2.45, 2.75) is 13.1 Å². The van der Waals surface area contributed by atoms with Crippen LogP contribution in [0.15, 0.2) is 60.8 Å². The van der Waals surface area contributed by atoms with Gasteiger partial charge in [-0.1, -0.05) is 30.3 Å². The summed E-state index contributed by atoms with van der Waals surface area (Å²) in [5.41, 5.74) is -1.21. The maximum Gasteiger partial charge on any atom is 0.423 e. The molecule has 150 valence electrons. The van der Waals surface area contributed by atoms with Crippen molar-refractivity contribution in [2.24, 2.45) is 0 Å². The largest absolute Gasteiger partial charge is 0.438 e. The molecule has 0 spiro atoms. The summed E-state index contributed by atoms with van der Waals surface area (Å²) >= 11 is 0. The number of alkyl halides is 3. The van der Waals surface area contributed by atoms with Gasteiger partial charge in [0, 0.05) is 18.8 Å². The summed E-state index contributed by atoms with van der Waals surface area (Å²) in [6, 6.07) is 13.7. The van der Waals surface area contributed by atoms with Crippen molar-refractivity contribution in [2.75, 3.05) is 11.4 Å². The topological polar surface area (TPSA) is 81.4 Å². The lowest BCUT2D eigenvalue weighted by molar-refractivity contribution is -0.384. The fourth-order valence-electron chi connectivity index (χ4n) is 2.63. The molecule has 0 fully saturated rings. The quantitative estimate of drug-likeness (QED) is 0.407. The molecule has 1 heterocycles. The summed E-state index contributed by atoms with van der Waals surface area (Å²) in [6.45, 7) is 1.86. The first-order valence-electron chi connectivity index (χ1n) is 8.49. The zero-order valence-electron chi connectivity index (χ0n) is 15.1. The van der Waals surface area contributed by atoms with Gasteiger partial charge in [0.05, 0.1) is 4.92 Å². The zero-order valence-corrected chi connectivity index (χ0v) is 15.1. The number of ether oxygens (including phenoxy) is 1. The maximum absolute atomic E-state index is 13.4. The highest BCUT2D eigenvalue weighted by atomic mass is 19.4. The first kappa shape index (κ1) is 20.1. The Morgan fingerprint density at radius 3 is 2.38 bits per heavy atom. The van der Waals surface area contributed by atoms with Gasteiger partial charge in [-0.2, -0.15) is 18.2 Å². The van der Waals surface area contributed by atoms with Crippen LogP contribution in [0.4, 0.5) is 30.5 Å². The Labute approximate surface area is 163 Å². The van der Waals surface area contributed by atoms with Gasteiger partial charge in [0.2, 0.25) is 11.8 Å². The number of anilines is 2. The first-order chi connectivity index (χ1) is 13.8. The van der Waals surface area contributed by atoms with E-state index in [2.05, 4.69) is 9.97 Å². The number of aromatic nitrogens is 2. The van der Waals surface area contributed by atoms with Crippen LogP contribution in [0.5, 0.6) is 11.6 Å². The molecule has 0 unspecified atom stereocenters. The number of hydrogen-bond acceptors (Lipinski definition) is 6. The van der Waals surface area contributed by atoms with E-state index in [1.165, 1.54) is 35.2 Å². The van der Waals surface area contributed by atoms with E-state index in [-0.39, 0.29) is 29.6 Å². The average molecular weight is 404 g/mol. The van der Waals surface area contributed by atoms with E-state index in [1.54, 1.807) is 31.2 Å². The molecule has 0 bridgehead atoms. The standard InChI is InChI=1S/C19H15F3N4O3/c1-2-25(15-10-6-7-11-16(15)26(27)28)18-23-12-14(19(20,21)22)17(24-18)29-13-8-4-3-5-9-13/h3-12H,2H2,1H3. The van der Waals surface area contributed by atoms with E-state index in [0.717, 1.165) is 0 Å². The Morgan fingerprint density at radius 2 is 1.76 bits per heavy atom. The van der Waals surface area contributed by atoms with Crippen LogP contribution in [0.3, 0.4) is 0 Å². The van der Waals surface area contributed by atoms with Crippen molar-refractivity contribution in [3.63, 3.8) is 0 Å². The molecule has 0 atom stereocenters. The Kier molecular flexibility index (Phi) is 5.62. The maximum atomic E-state index is 13.4. The summed E-state index contributed by atoms with van der Waals surface area (Å²) in [6.07, 6.45) is -4.13. The van der Waals surface area contributed by atoms with Crippen molar-refractivity contribution in [1.29, 1.82) is 0 Å². The van der Waals surface area contributed by atoms with Crippen LogP contribution in [0.25, 0.3) is 0 Å². The van der Waals surface area contributed by atoms with Gasteiger partial charge in [-0.3, -0.25) is 10.1 Å². The molecule has 29 heavy (non-hydrogen) atoms. The van der Waals surface area contributed by atoms with E-state index in [9.17, 15) is 23.3 Å². The highest BCUT2D eigenvalue weighted by Gasteiger charge is 2.37. The molecule has 0 N–H and O–H groups in total. The van der Waals surface area contributed by atoms with E-state index >= 15 is 0 Å². The van der Waals surface area contributed by atoms with Crippen LogP contribution < -0.4 is 9.64 Å². The normalized spacial score (nSPS) is 11.2. The molecule has 3 rings (SSSR count). The molecule has 0 amide bonds. The summed E-state index contributed by atoms with van der Waals surface area (Å²) in [5, 5.41) is 11.3. The molecule has 7 nitrogen and oxygen atoms in total. The minimum absolute atomic E-state index is 0.152. The second-order valence-corrected chi connectivity index (χ2v) is 5.79. The SMILES string of the molecule is CCN(c1ncc(C(F)(F)F)c(Oc2ccccc2)n1)c1ccccc1[N+](=O)[O-]. The number of para-hydroxylation sites is 3. The molecule has 0 saturated heterocycles. The van der Waals surface area contributed by atoms with Crippen LogP contribution in [-0.4, -0.2) is 21.4 Å². The van der Waals surface area contributed by atoms with Gasteiger partial charge in [-0.25, -0.2) is 4.98 Å². The monoisotopic (exact) mass is 404 g/mol. The smallest absolute Gasteiger partial charge is 0.423 e. The molecule has 3 aromatic rings. The van der Waals surface area contributed by atoms with Gasteiger partial charge in [0.15, 0.2) is 0 Å². The van der Waals surface area contributed by atoms with Crippen molar-refractivity contribution in [1.82, 2.24) is 9.97 Å². The third-order valence-corrected chi connectivity index (χ3v) is 3.93. The molecule has 0 saturated carbocycles. The minimum atomic E-state index is -4.74. The summed E-state index contributed by atoms with van der Waals surface area (Å²) in [7, 11) is 0. The van der Waals surface area contributed by atoms with Crippen molar-refractivity contribution < 1.29 is 22.8 Å². The van der Waals surface area contributed by atoms with E-state index < -0.39 is 22.5 Å². The molecular formula is C19H15F3N4O3.